The van der Waals surface area contributed by atoms with Gasteiger partial charge in [0.15, 0.2) is 0 Å². The van der Waals surface area contributed by atoms with Crippen molar-refractivity contribution >= 4 is 0 Å². The van der Waals surface area contributed by atoms with Gasteiger partial charge < -0.3 is 15.3 Å². The van der Waals surface area contributed by atoms with E-state index >= 15 is 0 Å². The molecule has 0 rings (SSSR count). The summed E-state index contributed by atoms with van der Waals surface area (Å²) in [4.78, 5) is 2.33. The highest BCUT2D eigenvalue weighted by Gasteiger charge is 2.07. The lowest BCUT2D eigenvalue weighted by atomic mass is 10.2. The third-order valence-electron chi connectivity index (χ3n) is 2.76. The third kappa shape index (κ3) is 6.35. The number of aliphatic hydroxyl groups is 1. The minimum absolute atomic E-state index is 0.194. The number of hydrogen-bond donors (Lipinski definition) is 2. The van der Waals surface area contributed by atoms with Crippen LogP contribution in [-0.4, -0.2) is 48.3 Å². The molecule has 0 saturated carbocycles. The lowest BCUT2D eigenvalue weighted by Crippen LogP contribution is -2.37. The summed E-state index contributed by atoms with van der Waals surface area (Å²) < 4.78 is 0. The largest absolute Gasteiger partial charge is 0.392 e. The predicted molar refractivity (Wildman–Crippen MR) is 61.5 cm³/mol. The maximum Gasteiger partial charge on any atom is 0.0662 e. The minimum atomic E-state index is -0.266. The van der Waals surface area contributed by atoms with Crippen molar-refractivity contribution in [3.63, 3.8) is 0 Å². The smallest absolute Gasteiger partial charge is 0.0662 e. The first-order valence-corrected chi connectivity index (χ1v) is 5.56. The molecular weight excluding hydrogens is 176 g/mol. The fraction of sp³-hybridized carbons (Fsp3) is 1.00. The molecule has 0 spiro atoms. The number of nitrogens with zero attached hydrogens (tertiary/aromatic N) is 1. The summed E-state index contributed by atoms with van der Waals surface area (Å²) in [5.41, 5.74) is 0. The molecule has 86 valence electrons. The molecular formula is C11H26N2O. The van der Waals surface area contributed by atoms with Crippen LogP contribution in [-0.2, 0) is 0 Å². The Balaban J connectivity index is 3.38. The summed E-state index contributed by atoms with van der Waals surface area (Å²) in [7, 11) is 2.14. The van der Waals surface area contributed by atoms with Crippen molar-refractivity contribution in [3.8, 4) is 0 Å². The minimum Gasteiger partial charge on any atom is -0.392 e. The van der Waals surface area contributed by atoms with Gasteiger partial charge in [-0.1, -0.05) is 0 Å². The summed E-state index contributed by atoms with van der Waals surface area (Å²) >= 11 is 0. The van der Waals surface area contributed by atoms with Crippen molar-refractivity contribution in [1.29, 1.82) is 0 Å². The average Bonchev–Trinajstić information content (AvgIpc) is 2.11. The molecule has 14 heavy (non-hydrogen) atoms. The Morgan fingerprint density at radius 2 is 1.79 bits per heavy atom. The van der Waals surface area contributed by atoms with Crippen LogP contribution in [0.2, 0.25) is 0 Å². The van der Waals surface area contributed by atoms with Gasteiger partial charge in [-0.3, -0.25) is 0 Å². The molecule has 0 bridgehead atoms. The summed E-state index contributed by atoms with van der Waals surface area (Å²) in [6.45, 7) is 10.3. The second kappa shape index (κ2) is 7.21. The molecule has 0 fully saturated rings. The molecule has 2 unspecified atom stereocenters. The molecule has 0 aliphatic carbocycles. The Morgan fingerprint density at radius 3 is 2.21 bits per heavy atom. The lowest BCUT2D eigenvalue weighted by molar-refractivity contribution is 0.151. The molecule has 2 atom stereocenters. The van der Waals surface area contributed by atoms with Crippen LogP contribution in [0.5, 0.6) is 0 Å². The van der Waals surface area contributed by atoms with Gasteiger partial charge in [-0.25, -0.2) is 0 Å². The first-order chi connectivity index (χ1) is 6.45. The Kier molecular flexibility index (Phi) is 7.15. The molecule has 0 aromatic rings. The van der Waals surface area contributed by atoms with Gasteiger partial charge in [0, 0.05) is 12.1 Å². The van der Waals surface area contributed by atoms with E-state index in [9.17, 15) is 5.11 Å². The van der Waals surface area contributed by atoms with Gasteiger partial charge in [0.05, 0.1) is 6.10 Å². The molecule has 0 amide bonds. The third-order valence-corrected chi connectivity index (χ3v) is 2.76. The molecule has 0 aliphatic rings. The van der Waals surface area contributed by atoms with E-state index in [1.807, 2.05) is 13.8 Å². The van der Waals surface area contributed by atoms with Crippen molar-refractivity contribution in [1.82, 2.24) is 10.2 Å². The number of hydrogen-bond acceptors (Lipinski definition) is 3. The van der Waals surface area contributed by atoms with Gasteiger partial charge in [-0.15, -0.1) is 0 Å². The van der Waals surface area contributed by atoms with Gasteiger partial charge in [-0.2, -0.15) is 0 Å². The Labute approximate surface area is 88.5 Å². The van der Waals surface area contributed by atoms with Crippen LogP contribution in [0.25, 0.3) is 0 Å². The van der Waals surface area contributed by atoms with Crippen LogP contribution in [0.1, 0.15) is 34.1 Å². The maximum atomic E-state index is 9.24. The van der Waals surface area contributed by atoms with Crippen molar-refractivity contribution in [3.05, 3.63) is 0 Å². The van der Waals surface area contributed by atoms with Gasteiger partial charge in [0.1, 0.15) is 0 Å². The molecule has 0 saturated heterocycles. The predicted octanol–water partition coefficient (Wildman–Crippen LogP) is 1.08. The van der Waals surface area contributed by atoms with E-state index in [1.54, 1.807) is 0 Å². The monoisotopic (exact) mass is 202 g/mol. The normalized spacial score (nSPS) is 16.3. The van der Waals surface area contributed by atoms with Crippen LogP contribution < -0.4 is 5.32 Å². The van der Waals surface area contributed by atoms with Crippen LogP contribution in [0, 0.1) is 0 Å². The first kappa shape index (κ1) is 13.9. The molecule has 0 radical (unpaired) electrons. The number of nitrogens with one attached hydrogen (secondary N) is 1. The fourth-order valence-electron chi connectivity index (χ4n) is 1.09. The highest BCUT2D eigenvalue weighted by Crippen LogP contribution is 1.95. The van der Waals surface area contributed by atoms with Gasteiger partial charge in [0.2, 0.25) is 0 Å². The number of aliphatic hydroxyl groups excluding tert-OH is 1. The van der Waals surface area contributed by atoms with E-state index in [0.717, 1.165) is 19.5 Å². The zero-order chi connectivity index (χ0) is 11.1. The zero-order valence-corrected chi connectivity index (χ0v) is 10.2. The second-order valence-electron chi connectivity index (χ2n) is 4.41. The SMILES string of the molecule is CC(O)C(C)NCCCN(C)C(C)C. The van der Waals surface area contributed by atoms with Gasteiger partial charge >= 0.3 is 0 Å². The van der Waals surface area contributed by atoms with Crippen LogP contribution in [0.4, 0.5) is 0 Å². The summed E-state index contributed by atoms with van der Waals surface area (Å²) in [6.07, 6.45) is 0.865. The molecule has 0 aliphatic heterocycles. The topological polar surface area (TPSA) is 35.5 Å². The lowest BCUT2D eigenvalue weighted by Gasteiger charge is -2.22. The molecule has 0 aromatic carbocycles. The standard InChI is InChI=1S/C11H26N2O/c1-9(2)13(5)8-6-7-12-10(3)11(4)14/h9-12,14H,6-8H2,1-5H3. The van der Waals surface area contributed by atoms with E-state index in [2.05, 4.69) is 31.1 Å². The Bertz CT molecular complexity index is 121. The van der Waals surface area contributed by atoms with Crippen molar-refractivity contribution in [2.75, 3.05) is 20.1 Å². The Morgan fingerprint density at radius 1 is 1.21 bits per heavy atom. The van der Waals surface area contributed by atoms with E-state index in [1.165, 1.54) is 0 Å². The highest BCUT2D eigenvalue weighted by molar-refractivity contribution is 4.66. The molecule has 3 heteroatoms. The first-order valence-electron chi connectivity index (χ1n) is 5.56. The van der Waals surface area contributed by atoms with Gasteiger partial charge in [-0.05, 0) is 54.3 Å². The van der Waals surface area contributed by atoms with Gasteiger partial charge in [0.25, 0.3) is 0 Å². The van der Waals surface area contributed by atoms with Crippen LogP contribution in [0.15, 0.2) is 0 Å². The molecule has 0 aromatic heterocycles. The maximum absolute atomic E-state index is 9.24. The van der Waals surface area contributed by atoms with Crippen molar-refractivity contribution < 1.29 is 5.11 Å². The zero-order valence-electron chi connectivity index (χ0n) is 10.2. The molecule has 3 nitrogen and oxygen atoms in total. The number of rotatable bonds is 7. The van der Waals surface area contributed by atoms with E-state index in [0.29, 0.717) is 6.04 Å². The molecule has 0 heterocycles. The van der Waals surface area contributed by atoms with Crippen molar-refractivity contribution in [2.45, 2.75) is 52.3 Å². The van der Waals surface area contributed by atoms with Crippen molar-refractivity contribution in [2.24, 2.45) is 0 Å². The van der Waals surface area contributed by atoms with E-state index in [4.69, 9.17) is 0 Å². The van der Waals surface area contributed by atoms with Crippen LogP contribution >= 0.6 is 0 Å². The average molecular weight is 202 g/mol. The summed E-state index contributed by atoms with van der Waals surface area (Å²) in [5, 5.41) is 12.5. The van der Waals surface area contributed by atoms with E-state index < -0.39 is 0 Å². The quantitative estimate of drug-likeness (QED) is 0.606. The summed E-state index contributed by atoms with van der Waals surface area (Å²) in [5.74, 6) is 0. The second-order valence-corrected chi connectivity index (χ2v) is 4.41. The molecule has 2 N–H and O–H groups in total. The summed E-state index contributed by atoms with van der Waals surface area (Å²) in [6, 6.07) is 0.809. The Hall–Kier alpha value is -0.120. The fourth-order valence-corrected chi connectivity index (χ4v) is 1.09. The van der Waals surface area contributed by atoms with Crippen LogP contribution in [0.3, 0.4) is 0 Å². The highest BCUT2D eigenvalue weighted by atomic mass is 16.3. The van der Waals surface area contributed by atoms with E-state index in [-0.39, 0.29) is 12.1 Å².